The van der Waals surface area contributed by atoms with Crippen LogP contribution in [0.2, 0.25) is 0 Å². The summed E-state index contributed by atoms with van der Waals surface area (Å²) in [6.45, 7) is 6.22. The molecule has 0 aliphatic heterocycles. The molecule has 0 fully saturated rings. The second-order valence-electron chi connectivity index (χ2n) is 3.18. The van der Waals surface area contributed by atoms with Gasteiger partial charge in [0.2, 0.25) is 0 Å². The molecule has 0 atom stereocenters. The molecular formula is C10H19NO2. The fourth-order valence-electron chi connectivity index (χ4n) is 0.783. The largest absolute Gasteiger partial charge is 0.461 e. The van der Waals surface area contributed by atoms with Gasteiger partial charge in [-0.3, -0.25) is 0 Å². The van der Waals surface area contributed by atoms with E-state index in [1.54, 1.807) is 19.0 Å². The first kappa shape index (κ1) is 12.0. The number of ether oxygens (including phenoxy) is 1. The lowest BCUT2D eigenvalue weighted by molar-refractivity contribution is -0.140. The molecule has 0 saturated carbocycles. The third kappa shape index (κ3) is 5.28. The normalized spacial score (nSPS) is 9.46. The minimum Gasteiger partial charge on any atom is -0.461 e. The summed E-state index contributed by atoms with van der Waals surface area (Å²) in [6, 6.07) is 0. The van der Waals surface area contributed by atoms with E-state index in [2.05, 4.69) is 13.5 Å². The average Bonchev–Trinajstić information content (AvgIpc) is 2.10. The Kier molecular flexibility index (Phi) is 6.02. The minimum absolute atomic E-state index is 0.318. The zero-order valence-corrected chi connectivity index (χ0v) is 8.80. The highest BCUT2D eigenvalue weighted by Gasteiger charge is 2.09. The van der Waals surface area contributed by atoms with Crippen LogP contribution in [-0.2, 0) is 9.53 Å². The second kappa shape index (κ2) is 6.52. The van der Waals surface area contributed by atoms with Crippen LogP contribution in [0.1, 0.15) is 26.2 Å². The van der Waals surface area contributed by atoms with Crippen LogP contribution in [0.25, 0.3) is 0 Å². The Bertz CT molecular complexity index is 176. The summed E-state index contributed by atoms with van der Waals surface area (Å²) >= 11 is 0. The first-order valence-electron chi connectivity index (χ1n) is 4.63. The van der Waals surface area contributed by atoms with Crippen LogP contribution in [0, 0.1) is 0 Å². The van der Waals surface area contributed by atoms with Gasteiger partial charge in [-0.25, -0.2) is 4.79 Å². The number of likely N-dealkylation sites (N-methyl/N-ethyl adjacent to an activating group) is 1. The Balaban J connectivity index is 3.57. The molecule has 0 aliphatic rings. The van der Waals surface area contributed by atoms with Crippen molar-refractivity contribution in [3.63, 3.8) is 0 Å². The highest BCUT2D eigenvalue weighted by molar-refractivity contribution is 5.86. The van der Waals surface area contributed by atoms with Gasteiger partial charge in [-0.05, 0) is 6.42 Å². The van der Waals surface area contributed by atoms with Crippen molar-refractivity contribution in [3.8, 4) is 0 Å². The summed E-state index contributed by atoms with van der Waals surface area (Å²) < 4.78 is 4.99. The van der Waals surface area contributed by atoms with Crippen LogP contribution in [0.15, 0.2) is 12.3 Å². The van der Waals surface area contributed by atoms with Crippen LogP contribution in [-0.4, -0.2) is 31.6 Å². The number of hydrogen-bond acceptors (Lipinski definition) is 3. The Morgan fingerprint density at radius 1 is 1.38 bits per heavy atom. The lowest BCUT2D eigenvalue weighted by atomic mass is 10.3. The van der Waals surface area contributed by atoms with Crippen LogP contribution in [0.5, 0.6) is 0 Å². The van der Waals surface area contributed by atoms with Crippen molar-refractivity contribution in [3.05, 3.63) is 12.3 Å². The summed E-state index contributed by atoms with van der Waals surface area (Å²) in [6.07, 6.45) is 3.16. The Morgan fingerprint density at radius 3 is 2.46 bits per heavy atom. The summed E-state index contributed by atoms with van der Waals surface area (Å²) in [5, 5.41) is 0. The van der Waals surface area contributed by atoms with Gasteiger partial charge in [-0.1, -0.05) is 26.3 Å². The molecule has 0 aromatic heterocycles. The van der Waals surface area contributed by atoms with Crippen LogP contribution in [0.4, 0.5) is 0 Å². The van der Waals surface area contributed by atoms with E-state index in [9.17, 15) is 4.79 Å². The monoisotopic (exact) mass is 185 g/mol. The maximum atomic E-state index is 11.2. The molecule has 0 amide bonds. The Morgan fingerprint density at radius 2 is 2.00 bits per heavy atom. The van der Waals surface area contributed by atoms with Crippen LogP contribution < -0.4 is 0 Å². The lowest BCUT2D eigenvalue weighted by Crippen LogP contribution is -2.20. The molecule has 0 N–H and O–H groups in total. The van der Waals surface area contributed by atoms with Crippen molar-refractivity contribution >= 4 is 5.97 Å². The van der Waals surface area contributed by atoms with E-state index < -0.39 is 0 Å². The molecule has 0 aliphatic carbocycles. The van der Waals surface area contributed by atoms with E-state index in [4.69, 9.17) is 4.74 Å². The number of hydrogen-bond donors (Lipinski definition) is 0. The maximum Gasteiger partial charge on any atom is 0.353 e. The molecule has 0 heterocycles. The molecule has 3 heteroatoms. The minimum atomic E-state index is -0.318. The first-order chi connectivity index (χ1) is 6.09. The van der Waals surface area contributed by atoms with E-state index in [0.29, 0.717) is 12.3 Å². The van der Waals surface area contributed by atoms with Gasteiger partial charge in [0.1, 0.15) is 5.70 Å². The molecule has 0 aromatic rings. The molecule has 76 valence electrons. The fraction of sp³-hybridized carbons (Fsp3) is 0.700. The number of rotatable bonds is 6. The fourth-order valence-corrected chi connectivity index (χ4v) is 0.783. The lowest BCUT2D eigenvalue weighted by Gasteiger charge is -2.13. The molecule has 0 bridgehead atoms. The van der Waals surface area contributed by atoms with Crippen molar-refractivity contribution in [1.29, 1.82) is 0 Å². The second-order valence-corrected chi connectivity index (χ2v) is 3.18. The first-order valence-corrected chi connectivity index (χ1v) is 4.63. The third-order valence-corrected chi connectivity index (χ3v) is 1.76. The van der Waals surface area contributed by atoms with Gasteiger partial charge in [-0.15, -0.1) is 0 Å². The maximum absolute atomic E-state index is 11.2. The predicted molar refractivity (Wildman–Crippen MR) is 53.3 cm³/mol. The average molecular weight is 185 g/mol. The number of carbonyl (C=O) groups is 1. The topological polar surface area (TPSA) is 29.5 Å². The van der Waals surface area contributed by atoms with Crippen molar-refractivity contribution in [2.45, 2.75) is 26.2 Å². The van der Waals surface area contributed by atoms with E-state index in [1.165, 1.54) is 0 Å². The number of carbonyl (C=O) groups excluding carboxylic acids is 1. The molecule has 0 saturated heterocycles. The van der Waals surface area contributed by atoms with Crippen molar-refractivity contribution in [2.24, 2.45) is 0 Å². The van der Waals surface area contributed by atoms with Gasteiger partial charge >= 0.3 is 5.97 Å². The molecule has 0 unspecified atom stereocenters. The van der Waals surface area contributed by atoms with Gasteiger partial charge in [0, 0.05) is 14.1 Å². The molecule has 13 heavy (non-hydrogen) atoms. The van der Waals surface area contributed by atoms with Crippen molar-refractivity contribution < 1.29 is 9.53 Å². The molecule has 0 rings (SSSR count). The zero-order chi connectivity index (χ0) is 10.3. The molecular weight excluding hydrogens is 166 g/mol. The number of unbranched alkanes of at least 4 members (excludes halogenated alkanes) is 2. The van der Waals surface area contributed by atoms with Gasteiger partial charge in [0.05, 0.1) is 6.61 Å². The van der Waals surface area contributed by atoms with E-state index in [-0.39, 0.29) is 5.97 Å². The summed E-state index contributed by atoms with van der Waals surface area (Å²) in [5.74, 6) is -0.318. The van der Waals surface area contributed by atoms with Gasteiger partial charge in [-0.2, -0.15) is 0 Å². The highest BCUT2D eigenvalue weighted by atomic mass is 16.5. The van der Waals surface area contributed by atoms with E-state index >= 15 is 0 Å². The molecule has 3 nitrogen and oxygen atoms in total. The Hall–Kier alpha value is -0.990. The van der Waals surface area contributed by atoms with E-state index in [1.807, 2.05) is 0 Å². The molecule has 0 aromatic carbocycles. The van der Waals surface area contributed by atoms with Gasteiger partial charge in [0.15, 0.2) is 0 Å². The smallest absolute Gasteiger partial charge is 0.353 e. The predicted octanol–water partition coefficient (Wildman–Crippen LogP) is 1.80. The van der Waals surface area contributed by atoms with Crippen LogP contribution >= 0.6 is 0 Å². The van der Waals surface area contributed by atoms with Crippen LogP contribution in [0.3, 0.4) is 0 Å². The highest BCUT2D eigenvalue weighted by Crippen LogP contribution is 2.00. The van der Waals surface area contributed by atoms with E-state index in [0.717, 1.165) is 19.3 Å². The van der Waals surface area contributed by atoms with Gasteiger partial charge in [0.25, 0.3) is 0 Å². The summed E-state index contributed by atoms with van der Waals surface area (Å²) in [4.78, 5) is 12.8. The zero-order valence-electron chi connectivity index (χ0n) is 8.80. The quantitative estimate of drug-likeness (QED) is 0.359. The Labute approximate surface area is 80.4 Å². The standard InChI is InChI=1S/C10H19NO2/c1-5-6-7-8-13-10(12)9(2)11(3)4/h2,5-8H2,1,3-4H3. The number of nitrogens with zero attached hydrogens (tertiary/aromatic N) is 1. The number of esters is 1. The van der Waals surface area contributed by atoms with Crippen molar-refractivity contribution in [2.75, 3.05) is 20.7 Å². The summed E-state index contributed by atoms with van der Waals surface area (Å²) in [5.41, 5.74) is 0.400. The SMILES string of the molecule is C=C(C(=O)OCCCCC)N(C)C. The van der Waals surface area contributed by atoms with Gasteiger partial charge < -0.3 is 9.64 Å². The van der Waals surface area contributed by atoms with Crippen molar-refractivity contribution in [1.82, 2.24) is 4.90 Å². The summed E-state index contributed by atoms with van der Waals surface area (Å²) in [7, 11) is 3.55. The molecule has 0 radical (unpaired) electrons. The molecule has 0 spiro atoms. The third-order valence-electron chi connectivity index (χ3n) is 1.76.